The van der Waals surface area contributed by atoms with Crippen molar-refractivity contribution in [2.75, 3.05) is 0 Å². The van der Waals surface area contributed by atoms with Crippen molar-refractivity contribution in [3.8, 4) is 10.6 Å². The Kier molecular flexibility index (Phi) is 4.13. The molecule has 3 rings (SSSR count). The van der Waals surface area contributed by atoms with Crippen LogP contribution in [0.3, 0.4) is 0 Å². The van der Waals surface area contributed by atoms with Crippen LogP contribution >= 0.6 is 22.7 Å². The maximum atomic E-state index is 12.3. The second-order valence-electron chi connectivity index (χ2n) is 5.11. The third-order valence-corrected chi connectivity index (χ3v) is 4.97. The van der Waals surface area contributed by atoms with Gasteiger partial charge in [0.25, 0.3) is 5.91 Å². The van der Waals surface area contributed by atoms with Crippen molar-refractivity contribution < 1.29 is 9.21 Å². The quantitative estimate of drug-likeness (QED) is 0.761. The lowest BCUT2D eigenvalue weighted by molar-refractivity contribution is 0.0935. The molecule has 0 spiro atoms. The van der Waals surface area contributed by atoms with Gasteiger partial charge < -0.3 is 9.73 Å². The molecule has 0 aliphatic rings. The van der Waals surface area contributed by atoms with Crippen LogP contribution in [0.4, 0.5) is 0 Å². The summed E-state index contributed by atoms with van der Waals surface area (Å²) in [5.74, 6) is 1.52. The summed E-state index contributed by atoms with van der Waals surface area (Å²) in [6.45, 7) is 5.75. The number of carbonyl (C=O) groups is 1. The Hall–Kier alpha value is -1.92. The number of nitrogens with one attached hydrogen (secondary N) is 1. The van der Waals surface area contributed by atoms with Gasteiger partial charge in [0.15, 0.2) is 0 Å². The van der Waals surface area contributed by atoms with E-state index in [-0.39, 0.29) is 11.9 Å². The first-order chi connectivity index (χ1) is 10.5. The van der Waals surface area contributed by atoms with Crippen molar-refractivity contribution in [2.45, 2.75) is 26.8 Å². The zero-order valence-corrected chi connectivity index (χ0v) is 14.2. The summed E-state index contributed by atoms with van der Waals surface area (Å²) in [5, 5.41) is 9.67. The minimum Gasteiger partial charge on any atom is -0.466 e. The smallest absolute Gasteiger partial charge is 0.271 e. The van der Waals surface area contributed by atoms with E-state index < -0.39 is 0 Å². The van der Waals surface area contributed by atoms with Crippen LogP contribution in [-0.2, 0) is 0 Å². The molecule has 0 aromatic carbocycles. The summed E-state index contributed by atoms with van der Waals surface area (Å²) in [5.41, 5.74) is 2.51. The highest BCUT2D eigenvalue weighted by Gasteiger charge is 2.18. The lowest BCUT2D eigenvalue weighted by atomic mass is 10.1. The standard InChI is InChI=1S/C16H16N2O2S2/c1-9-6-13(11(3)20-9)10(2)17-15(19)14-8-22-16(18-14)12-4-5-21-7-12/h4-8,10H,1-3H3,(H,17,19). The van der Waals surface area contributed by atoms with E-state index in [2.05, 4.69) is 10.3 Å². The van der Waals surface area contributed by atoms with Crippen LogP contribution in [0.25, 0.3) is 10.6 Å². The highest BCUT2D eigenvalue weighted by Crippen LogP contribution is 2.26. The maximum absolute atomic E-state index is 12.3. The highest BCUT2D eigenvalue weighted by atomic mass is 32.1. The van der Waals surface area contributed by atoms with Crippen LogP contribution in [0.1, 0.15) is 40.5 Å². The summed E-state index contributed by atoms with van der Waals surface area (Å²) in [7, 11) is 0. The van der Waals surface area contributed by atoms with Crippen LogP contribution in [-0.4, -0.2) is 10.9 Å². The van der Waals surface area contributed by atoms with E-state index in [4.69, 9.17) is 4.42 Å². The van der Waals surface area contributed by atoms with Gasteiger partial charge in [0.1, 0.15) is 22.2 Å². The summed E-state index contributed by atoms with van der Waals surface area (Å²) in [6.07, 6.45) is 0. The van der Waals surface area contributed by atoms with Crippen molar-refractivity contribution in [2.24, 2.45) is 0 Å². The largest absolute Gasteiger partial charge is 0.466 e. The molecule has 3 heterocycles. The van der Waals surface area contributed by atoms with Gasteiger partial charge in [-0.05, 0) is 38.3 Å². The Bertz CT molecular complexity index is 787. The van der Waals surface area contributed by atoms with Gasteiger partial charge in [-0.15, -0.1) is 11.3 Å². The van der Waals surface area contributed by atoms with Gasteiger partial charge in [0.2, 0.25) is 0 Å². The van der Waals surface area contributed by atoms with Gasteiger partial charge in [-0.3, -0.25) is 4.79 Å². The van der Waals surface area contributed by atoms with Gasteiger partial charge in [-0.2, -0.15) is 11.3 Å². The molecule has 0 aliphatic carbocycles. The molecule has 6 heteroatoms. The number of hydrogen-bond acceptors (Lipinski definition) is 5. The monoisotopic (exact) mass is 332 g/mol. The zero-order chi connectivity index (χ0) is 15.7. The fraction of sp³-hybridized carbons (Fsp3) is 0.250. The number of furan rings is 1. The molecule has 4 nitrogen and oxygen atoms in total. The summed E-state index contributed by atoms with van der Waals surface area (Å²) in [6, 6.07) is 3.85. The average Bonchev–Trinajstić information content (AvgIpc) is 3.17. The third kappa shape index (κ3) is 2.98. The van der Waals surface area contributed by atoms with Gasteiger partial charge in [0.05, 0.1) is 6.04 Å². The molecule has 0 radical (unpaired) electrons. The first kappa shape index (κ1) is 15.0. The summed E-state index contributed by atoms with van der Waals surface area (Å²) in [4.78, 5) is 16.8. The van der Waals surface area contributed by atoms with Gasteiger partial charge >= 0.3 is 0 Å². The van der Waals surface area contributed by atoms with Crippen molar-refractivity contribution in [3.63, 3.8) is 0 Å². The lowest BCUT2D eigenvalue weighted by Gasteiger charge is -2.11. The number of thiazole rings is 1. The van der Waals surface area contributed by atoms with Gasteiger partial charge in [-0.1, -0.05) is 0 Å². The van der Waals surface area contributed by atoms with Crippen molar-refractivity contribution >= 4 is 28.6 Å². The molecule has 0 bridgehead atoms. The number of amides is 1. The van der Waals surface area contributed by atoms with E-state index in [1.165, 1.54) is 11.3 Å². The van der Waals surface area contributed by atoms with Crippen LogP contribution in [0.15, 0.2) is 32.7 Å². The Balaban J connectivity index is 1.73. The molecule has 1 N–H and O–H groups in total. The topological polar surface area (TPSA) is 55.1 Å². The molecule has 114 valence electrons. The number of aromatic nitrogens is 1. The summed E-state index contributed by atoms with van der Waals surface area (Å²) >= 11 is 3.10. The molecule has 3 aromatic rings. The second kappa shape index (κ2) is 6.06. The van der Waals surface area contributed by atoms with E-state index >= 15 is 0 Å². The molecular weight excluding hydrogens is 316 g/mol. The highest BCUT2D eigenvalue weighted by molar-refractivity contribution is 7.14. The SMILES string of the molecule is Cc1cc(C(C)NC(=O)c2csc(-c3ccsc3)n2)c(C)o1. The molecular formula is C16H16N2O2S2. The predicted molar refractivity (Wildman–Crippen MR) is 89.5 cm³/mol. The average molecular weight is 332 g/mol. The Labute approximate surface area is 136 Å². The number of thiophene rings is 1. The summed E-state index contributed by atoms with van der Waals surface area (Å²) < 4.78 is 5.51. The minimum absolute atomic E-state index is 0.115. The number of aryl methyl sites for hydroxylation is 2. The molecule has 3 aromatic heterocycles. The molecule has 1 atom stereocenters. The van der Waals surface area contributed by atoms with Crippen LogP contribution in [0.5, 0.6) is 0 Å². The van der Waals surface area contributed by atoms with Crippen molar-refractivity contribution in [3.05, 3.63) is 51.1 Å². The van der Waals surface area contributed by atoms with E-state index in [1.807, 2.05) is 43.7 Å². The van der Waals surface area contributed by atoms with E-state index in [0.717, 1.165) is 27.7 Å². The number of rotatable bonds is 4. The minimum atomic E-state index is -0.163. The van der Waals surface area contributed by atoms with Gasteiger partial charge in [-0.25, -0.2) is 4.98 Å². The molecule has 0 saturated heterocycles. The van der Waals surface area contributed by atoms with Gasteiger partial charge in [0, 0.05) is 21.9 Å². The predicted octanol–water partition coefficient (Wildman–Crippen LogP) is 4.57. The Morgan fingerprint density at radius 3 is 2.82 bits per heavy atom. The van der Waals surface area contributed by atoms with Crippen molar-refractivity contribution in [1.29, 1.82) is 0 Å². The molecule has 0 saturated carbocycles. The Morgan fingerprint density at radius 1 is 1.36 bits per heavy atom. The van der Waals surface area contributed by atoms with Crippen LogP contribution < -0.4 is 5.32 Å². The molecule has 0 fully saturated rings. The van der Waals surface area contributed by atoms with E-state index in [1.54, 1.807) is 16.7 Å². The number of nitrogens with zero attached hydrogens (tertiary/aromatic N) is 1. The molecule has 22 heavy (non-hydrogen) atoms. The van der Waals surface area contributed by atoms with Crippen LogP contribution in [0, 0.1) is 13.8 Å². The first-order valence-corrected chi connectivity index (χ1v) is 8.72. The van der Waals surface area contributed by atoms with E-state index in [9.17, 15) is 4.79 Å². The van der Waals surface area contributed by atoms with Crippen LogP contribution in [0.2, 0.25) is 0 Å². The fourth-order valence-corrected chi connectivity index (χ4v) is 3.84. The second-order valence-corrected chi connectivity index (χ2v) is 6.75. The number of carbonyl (C=O) groups excluding carboxylic acids is 1. The normalized spacial score (nSPS) is 12.3. The Morgan fingerprint density at radius 2 is 2.18 bits per heavy atom. The first-order valence-electron chi connectivity index (χ1n) is 6.90. The number of hydrogen-bond donors (Lipinski definition) is 1. The van der Waals surface area contributed by atoms with E-state index in [0.29, 0.717) is 5.69 Å². The fourth-order valence-electron chi connectivity index (χ4n) is 2.33. The molecule has 1 amide bonds. The maximum Gasteiger partial charge on any atom is 0.271 e. The molecule has 0 aliphatic heterocycles. The molecule has 1 unspecified atom stereocenters. The lowest BCUT2D eigenvalue weighted by Crippen LogP contribution is -2.27. The van der Waals surface area contributed by atoms with Crippen molar-refractivity contribution in [1.82, 2.24) is 10.3 Å². The third-order valence-electron chi connectivity index (χ3n) is 3.40. The zero-order valence-electron chi connectivity index (χ0n) is 12.5.